The number of nitrogens with zero attached hydrogens (tertiary/aromatic N) is 2. The zero-order chi connectivity index (χ0) is 21.8. The van der Waals surface area contributed by atoms with Crippen molar-refractivity contribution >= 4 is 23.5 Å². The first-order valence-electron chi connectivity index (χ1n) is 10.3. The van der Waals surface area contributed by atoms with Crippen LogP contribution in [0.4, 0.5) is 10.5 Å². The molecule has 0 aliphatic carbocycles. The largest absolute Gasteiger partial charge is 0.497 e. The summed E-state index contributed by atoms with van der Waals surface area (Å²) < 4.78 is 10.9. The molecule has 2 aromatic carbocycles. The molecule has 2 aromatic rings. The maximum atomic E-state index is 12.8. The lowest BCUT2D eigenvalue weighted by molar-refractivity contribution is -0.139. The van der Waals surface area contributed by atoms with Gasteiger partial charge in [0.25, 0.3) is 5.91 Å². The van der Waals surface area contributed by atoms with E-state index < -0.39 is 12.1 Å². The summed E-state index contributed by atoms with van der Waals surface area (Å²) >= 11 is 0. The molecule has 0 radical (unpaired) electrons. The summed E-state index contributed by atoms with van der Waals surface area (Å²) in [4.78, 5) is 40.7. The third-order valence-electron chi connectivity index (χ3n) is 5.59. The Kier molecular flexibility index (Phi) is 6.18. The molecule has 8 nitrogen and oxygen atoms in total. The van der Waals surface area contributed by atoms with Crippen LogP contribution in [0.2, 0.25) is 0 Å². The maximum Gasteiger partial charge on any atom is 0.329 e. The summed E-state index contributed by atoms with van der Waals surface area (Å²) in [6, 6.07) is 15.3. The third kappa shape index (κ3) is 4.54. The number of morpholine rings is 1. The van der Waals surface area contributed by atoms with Crippen molar-refractivity contribution < 1.29 is 23.9 Å². The Morgan fingerprint density at radius 1 is 1.13 bits per heavy atom. The highest BCUT2D eigenvalue weighted by atomic mass is 16.5. The molecule has 2 aliphatic rings. The molecule has 2 unspecified atom stereocenters. The van der Waals surface area contributed by atoms with Gasteiger partial charge in [0.05, 0.1) is 25.9 Å². The third-order valence-corrected chi connectivity index (χ3v) is 5.59. The fourth-order valence-electron chi connectivity index (χ4n) is 3.87. The number of anilines is 1. The van der Waals surface area contributed by atoms with Gasteiger partial charge < -0.3 is 19.7 Å². The molecule has 0 aromatic heterocycles. The first-order chi connectivity index (χ1) is 15.1. The Hall–Kier alpha value is -3.39. The minimum atomic E-state index is -0.718. The number of hydrogen-bond donors (Lipinski definition) is 1. The Labute approximate surface area is 180 Å². The van der Waals surface area contributed by atoms with E-state index in [-0.39, 0.29) is 30.8 Å². The lowest BCUT2D eigenvalue weighted by Gasteiger charge is -2.33. The molecular formula is C23H25N3O5. The molecule has 0 spiro atoms. The zero-order valence-corrected chi connectivity index (χ0v) is 17.3. The molecule has 162 valence electrons. The van der Waals surface area contributed by atoms with Gasteiger partial charge in [-0.3, -0.25) is 9.59 Å². The molecule has 2 saturated heterocycles. The second-order valence-corrected chi connectivity index (χ2v) is 7.52. The highest BCUT2D eigenvalue weighted by molar-refractivity contribution is 6.21. The van der Waals surface area contributed by atoms with E-state index in [1.54, 1.807) is 36.3 Å². The highest BCUT2D eigenvalue weighted by Crippen LogP contribution is 2.25. The highest BCUT2D eigenvalue weighted by Gasteiger charge is 2.39. The Morgan fingerprint density at radius 2 is 1.87 bits per heavy atom. The van der Waals surface area contributed by atoms with Crippen LogP contribution in [0.1, 0.15) is 24.5 Å². The van der Waals surface area contributed by atoms with Gasteiger partial charge in [0.1, 0.15) is 17.9 Å². The van der Waals surface area contributed by atoms with Gasteiger partial charge in [0.15, 0.2) is 0 Å². The van der Waals surface area contributed by atoms with Crippen molar-refractivity contribution in [1.82, 2.24) is 10.2 Å². The number of methoxy groups -OCH3 is 1. The Balaban J connectivity index is 1.34. The number of carbonyl (C=O) groups is 3. The van der Waals surface area contributed by atoms with Crippen LogP contribution in [0.3, 0.4) is 0 Å². The average Bonchev–Trinajstić information content (AvgIpc) is 3.11. The molecule has 2 atom stereocenters. The SMILES string of the molecule is COc1ccc(N2C(=O)NC(CCC(=O)N3CCOC(c4ccccc4)C3)C2=O)cc1. The van der Waals surface area contributed by atoms with E-state index in [1.807, 2.05) is 30.3 Å². The number of nitrogens with one attached hydrogen (secondary N) is 1. The van der Waals surface area contributed by atoms with Crippen LogP contribution in [0, 0.1) is 0 Å². The van der Waals surface area contributed by atoms with Gasteiger partial charge in [-0.2, -0.15) is 0 Å². The van der Waals surface area contributed by atoms with Crippen LogP contribution in [-0.2, 0) is 14.3 Å². The number of ether oxygens (including phenoxy) is 2. The lowest BCUT2D eigenvalue weighted by Crippen LogP contribution is -2.43. The van der Waals surface area contributed by atoms with E-state index in [4.69, 9.17) is 9.47 Å². The molecule has 8 heteroatoms. The normalized spacial score (nSPS) is 21.2. The molecule has 1 N–H and O–H groups in total. The zero-order valence-electron chi connectivity index (χ0n) is 17.3. The minimum absolute atomic E-state index is 0.0471. The fraction of sp³-hybridized carbons (Fsp3) is 0.348. The summed E-state index contributed by atoms with van der Waals surface area (Å²) in [6.45, 7) is 1.46. The predicted octanol–water partition coefficient (Wildman–Crippen LogP) is 2.50. The molecule has 4 rings (SSSR count). The molecule has 0 bridgehead atoms. The molecule has 2 fully saturated rings. The lowest BCUT2D eigenvalue weighted by atomic mass is 10.1. The minimum Gasteiger partial charge on any atom is -0.497 e. The molecule has 2 heterocycles. The van der Waals surface area contributed by atoms with Crippen LogP contribution in [0.25, 0.3) is 0 Å². The van der Waals surface area contributed by atoms with Crippen LogP contribution >= 0.6 is 0 Å². The van der Waals surface area contributed by atoms with E-state index in [0.29, 0.717) is 31.1 Å². The number of hydrogen-bond acceptors (Lipinski definition) is 5. The Morgan fingerprint density at radius 3 is 2.58 bits per heavy atom. The van der Waals surface area contributed by atoms with Crippen molar-refractivity contribution in [2.24, 2.45) is 0 Å². The molecule has 31 heavy (non-hydrogen) atoms. The first kappa shape index (κ1) is 20.9. The van der Waals surface area contributed by atoms with Crippen LogP contribution in [-0.4, -0.2) is 55.6 Å². The smallest absolute Gasteiger partial charge is 0.329 e. The number of imide groups is 1. The van der Waals surface area contributed by atoms with E-state index in [0.717, 1.165) is 10.5 Å². The molecule has 0 saturated carbocycles. The average molecular weight is 423 g/mol. The predicted molar refractivity (Wildman–Crippen MR) is 114 cm³/mol. The number of amides is 4. The second-order valence-electron chi connectivity index (χ2n) is 7.52. The van der Waals surface area contributed by atoms with E-state index in [9.17, 15) is 14.4 Å². The molecular weight excluding hydrogens is 398 g/mol. The summed E-state index contributed by atoms with van der Waals surface area (Å²) in [5.41, 5.74) is 1.50. The van der Waals surface area contributed by atoms with Crippen molar-refractivity contribution in [2.75, 3.05) is 31.7 Å². The fourth-order valence-corrected chi connectivity index (χ4v) is 3.87. The van der Waals surface area contributed by atoms with E-state index in [2.05, 4.69) is 5.32 Å². The van der Waals surface area contributed by atoms with Crippen molar-refractivity contribution in [2.45, 2.75) is 25.0 Å². The quantitative estimate of drug-likeness (QED) is 0.722. The monoisotopic (exact) mass is 423 g/mol. The second kappa shape index (κ2) is 9.18. The standard InChI is InChI=1S/C23H25N3O5/c1-30-18-9-7-17(8-10-18)26-22(28)19(24-23(26)29)11-12-21(27)25-13-14-31-20(15-25)16-5-3-2-4-6-16/h2-10,19-20H,11-15H2,1H3,(H,24,29). The topological polar surface area (TPSA) is 88.2 Å². The molecule has 4 amide bonds. The van der Waals surface area contributed by atoms with Gasteiger partial charge in [-0.05, 0) is 36.2 Å². The van der Waals surface area contributed by atoms with Gasteiger partial charge >= 0.3 is 6.03 Å². The van der Waals surface area contributed by atoms with Crippen molar-refractivity contribution in [3.8, 4) is 5.75 Å². The van der Waals surface area contributed by atoms with Gasteiger partial charge in [0, 0.05) is 13.0 Å². The van der Waals surface area contributed by atoms with Gasteiger partial charge in [-0.1, -0.05) is 30.3 Å². The summed E-state index contributed by atoms with van der Waals surface area (Å²) in [5, 5.41) is 2.68. The van der Waals surface area contributed by atoms with Crippen LogP contribution in [0.5, 0.6) is 5.75 Å². The molecule has 2 aliphatic heterocycles. The van der Waals surface area contributed by atoms with Crippen LogP contribution < -0.4 is 15.0 Å². The summed E-state index contributed by atoms with van der Waals surface area (Å²) in [6.07, 6.45) is 0.273. The summed E-state index contributed by atoms with van der Waals surface area (Å²) in [7, 11) is 1.55. The maximum absolute atomic E-state index is 12.8. The number of rotatable bonds is 6. The number of carbonyl (C=O) groups excluding carboxylic acids is 3. The first-order valence-corrected chi connectivity index (χ1v) is 10.3. The van der Waals surface area contributed by atoms with E-state index >= 15 is 0 Å². The van der Waals surface area contributed by atoms with Crippen molar-refractivity contribution in [1.29, 1.82) is 0 Å². The van der Waals surface area contributed by atoms with Gasteiger partial charge in [-0.15, -0.1) is 0 Å². The Bertz CT molecular complexity index is 947. The van der Waals surface area contributed by atoms with Gasteiger partial charge in [0.2, 0.25) is 5.91 Å². The van der Waals surface area contributed by atoms with E-state index in [1.165, 1.54) is 0 Å². The number of benzene rings is 2. The van der Waals surface area contributed by atoms with Crippen LogP contribution in [0.15, 0.2) is 54.6 Å². The van der Waals surface area contributed by atoms with Crippen molar-refractivity contribution in [3.05, 3.63) is 60.2 Å². The summed E-state index contributed by atoms with van der Waals surface area (Å²) in [5.74, 6) is 0.235. The van der Waals surface area contributed by atoms with Crippen molar-refractivity contribution in [3.63, 3.8) is 0 Å². The van der Waals surface area contributed by atoms with Gasteiger partial charge in [-0.25, -0.2) is 9.69 Å². The number of urea groups is 1.